The van der Waals surface area contributed by atoms with Crippen LogP contribution in [0, 0.1) is 0 Å². The Labute approximate surface area is 65.4 Å². The van der Waals surface area contributed by atoms with E-state index in [9.17, 15) is 4.79 Å². The van der Waals surface area contributed by atoms with Crippen molar-refractivity contribution in [1.29, 1.82) is 0 Å². The number of hydrogen-bond acceptors (Lipinski definition) is 3. The Bertz CT molecular complexity index is 158. The van der Waals surface area contributed by atoms with Crippen molar-refractivity contribution in [2.24, 2.45) is 0 Å². The lowest BCUT2D eigenvalue weighted by Crippen LogP contribution is -2.56. The van der Waals surface area contributed by atoms with Crippen LogP contribution < -0.4 is 0 Å². The van der Waals surface area contributed by atoms with Gasteiger partial charge in [0, 0.05) is 19.1 Å². The topological polar surface area (TPSA) is 60.8 Å². The summed E-state index contributed by atoms with van der Waals surface area (Å²) in [6, 6.07) is 0.0486. The molecule has 0 aromatic carbocycles. The van der Waals surface area contributed by atoms with Gasteiger partial charge in [0.2, 0.25) is 5.91 Å². The van der Waals surface area contributed by atoms with Crippen LogP contribution in [-0.4, -0.2) is 39.9 Å². The first-order valence-corrected chi connectivity index (χ1v) is 3.77. The summed E-state index contributed by atoms with van der Waals surface area (Å²) in [5, 5.41) is 17.6. The second kappa shape index (κ2) is 3.19. The summed E-state index contributed by atoms with van der Waals surface area (Å²) in [5.41, 5.74) is 0. The molecule has 4 heteroatoms. The maximum atomic E-state index is 10.8. The Morgan fingerprint density at radius 1 is 1.82 bits per heavy atom. The summed E-state index contributed by atoms with van der Waals surface area (Å²) in [5.74, 6) is -0.0292. The highest BCUT2D eigenvalue weighted by atomic mass is 16.3. The third kappa shape index (κ3) is 1.52. The van der Waals surface area contributed by atoms with E-state index in [0.717, 1.165) is 0 Å². The van der Waals surface area contributed by atoms with E-state index in [1.165, 1.54) is 4.90 Å². The minimum Gasteiger partial charge on any atom is -0.396 e. The number of nitrogens with zero attached hydrogens (tertiary/aromatic N) is 1. The Morgan fingerprint density at radius 2 is 2.45 bits per heavy atom. The van der Waals surface area contributed by atoms with Crippen molar-refractivity contribution < 1.29 is 15.0 Å². The maximum Gasteiger partial charge on any atom is 0.226 e. The van der Waals surface area contributed by atoms with Crippen molar-refractivity contribution in [3.8, 4) is 0 Å². The van der Waals surface area contributed by atoms with Gasteiger partial charge in [0.15, 0.2) is 0 Å². The second-order valence-electron chi connectivity index (χ2n) is 2.80. The standard InChI is InChI=1S/C7H13NO3/c1-5(10)8-6(2-3-9)4-7(8)11/h5-6,9-10H,2-4H2,1H3. The van der Waals surface area contributed by atoms with E-state index in [1.54, 1.807) is 6.92 Å². The molecule has 1 amide bonds. The van der Waals surface area contributed by atoms with Crippen molar-refractivity contribution in [3.05, 3.63) is 0 Å². The molecule has 0 saturated carbocycles. The average Bonchev–Trinajstić information content (AvgIpc) is 1.85. The van der Waals surface area contributed by atoms with Gasteiger partial charge in [-0.25, -0.2) is 0 Å². The van der Waals surface area contributed by atoms with Gasteiger partial charge < -0.3 is 15.1 Å². The minimum absolute atomic E-state index is 0.0292. The molecular formula is C7H13NO3. The van der Waals surface area contributed by atoms with E-state index in [1.807, 2.05) is 0 Å². The molecule has 64 valence electrons. The van der Waals surface area contributed by atoms with Crippen LogP contribution in [0.3, 0.4) is 0 Å². The molecule has 1 heterocycles. The Balaban J connectivity index is 2.41. The molecule has 1 aliphatic heterocycles. The normalized spacial score (nSPS) is 26.6. The third-order valence-electron chi connectivity index (χ3n) is 1.96. The molecule has 0 aromatic heterocycles. The van der Waals surface area contributed by atoms with Gasteiger partial charge in [-0.3, -0.25) is 4.79 Å². The largest absolute Gasteiger partial charge is 0.396 e. The van der Waals surface area contributed by atoms with Gasteiger partial charge >= 0.3 is 0 Å². The van der Waals surface area contributed by atoms with Gasteiger partial charge in [0.1, 0.15) is 6.23 Å². The molecule has 4 nitrogen and oxygen atoms in total. The van der Waals surface area contributed by atoms with E-state index < -0.39 is 6.23 Å². The highest BCUT2D eigenvalue weighted by Crippen LogP contribution is 2.23. The fourth-order valence-corrected chi connectivity index (χ4v) is 1.40. The molecule has 2 N–H and O–H groups in total. The summed E-state index contributed by atoms with van der Waals surface area (Å²) in [6.07, 6.45) is 0.315. The zero-order valence-corrected chi connectivity index (χ0v) is 6.53. The van der Waals surface area contributed by atoms with Gasteiger partial charge in [-0.05, 0) is 13.3 Å². The molecule has 2 atom stereocenters. The molecule has 1 rings (SSSR count). The quantitative estimate of drug-likeness (QED) is 0.536. The lowest BCUT2D eigenvalue weighted by Gasteiger charge is -2.42. The van der Waals surface area contributed by atoms with Crippen LogP contribution in [0.4, 0.5) is 0 Å². The molecule has 1 fully saturated rings. The number of β-lactam (4-membered cyclic amide) rings is 1. The first kappa shape index (κ1) is 8.49. The van der Waals surface area contributed by atoms with Crippen LogP contribution in [0.25, 0.3) is 0 Å². The summed E-state index contributed by atoms with van der Waals surface area (Å²) < 4.78 is 0. The number of aliphatic hydroxyl groups excluding tert-OH is 2. The zero-order valence-electron chi connectivity index (χ0n) is 6.53. The number of aliphatic hydroxyl groups is 2. The molecule has 0 bridgehead atoms. The van der Waals surface area contributed by atoms with Crippen LogP contribution in [-0.2, 0) is 4.79 Å². The maximum absolute atomic E-state index is 10.8. The van der Waals surface area contributed by atoms with E-state index in [0.29, 0.717) is 12.8 Å². The second-order valence-corrected chi connectivity index (χ2v) is 2.80. The van der Waals surface area contributed by atoms with Gasteiger partial charge in [-0.1, -0.05) is 0 Å². The smallest absolute Gasteiger partial charge is 0.226 e. The van der Waals surface area contributed by atoms with Crippen LogP contribution in [0.15, 0.2) is 0 Å². The first-order valence-electron chi connectivity index (χ1n) is 3.77. The third-order valence-corrected chi connectivity index (χ3v) is 1.96. The molecule has 1 saturated heterocycles. The van der Waals surface area contributed by atoms with Crippen molar-refractivity contribution in [1.82, 2.24) is 4.90 Å². The van der Waals surface area contributed by atoms with Gasteiger partial charge in [-0.2, -0.15) is 0 Å². The zero-order chi connectivity index (χ0) is 8.43. The number of amides is 1. The van der Waals surface area contributed by atoms with Crippen molar-refractivity contribution >= 4 is 5.91 Å². The number of hydrogen-bond donors (Lipinski definition) is 2. The molecule has 0 aromatic rings. The molecule has 11 heavy (non-hydrogen) atoms. The number of rotatable bonds is 3. The predicted octanol–water partition coefficient (Wildman–Crippen LogP) is -0.692. The summed E-state index contributed by atoms with van der Waals surface area (Å²) in [7, 11) is 0. The fraction of sp³-hybridized carbons (Fsp3) is 0.857. The molecule has 0 aliphatic carbocycles. The SMILES string of the molecule is CC(O)N1C(=O)CC1CCO. The lowest BCUT2D eigenvalue weighted by molar-refractivity contribution is -0.161. The van der Waals surface area contributed by atoms with Crippen LogP contribution in [0.5, 0.6) is 0 Å². The molecule has 1 aliphatic rings. The summed E-state index contributed by atoms with van der Waals surface area (Å²) in [4.78, 5) is 12.2. The van der Waals surface area contributed by atoms with Gasteiger partial charge in [-0.15, -0.1) is 0 Å². The van der Waals surface area contributed by atoms with Crippen molar-refractivity contribution in [2.75, 3.05) is 6.61 Å². The van der Waals surface area contributed by atoms with Crippen molar-refractivity contribution in [3.63, 3.8) is 0 Å². The van der Waals surface area contributed by atoms with E-state index in [-0.39, 0.29) is 18.6 Å². The lowest BCUT2D eigenvalue weighted by atomic mass is 9.99. The van der Waals surface area contributed by atoms with Crippen LogP contribution in [0.1, 0.15) is 19.8 Å². The molecule has 0 radical (unpaired) electrons. The first-order chi connectivity index (χ1) is 5.16. The number of carbonyl (C=O) groups excluding carboxylic acids is 1. The molecule has 0 spiro atoms. The Morgan fingerprint density at radius 3 is 2.82 bits per heavy atom. The van der Waals surface area contributed by atoms with E-state index in [2.05, 4.69) is 0 Å². The van der Waals surface area contributed by atoms with E-state index in [4.69, 9.17) is 10.2 Å². The number of carbonyl (C=O) groups is 1. The predicted molar refractivity (Wildman–Crippen MR) is 38.6 cm³/mol. The highest BCUT2D eigenvalue weighted by molar-refractivity contribution is 5.83. The molecular weight excluding hydrogens is 146 g/mol. The monoisotopic (exact) mass is 159 g/mol. The Hall–Kier alpha value is -0.610. The van der Waals surface area contributed by atoms with E-state index >= 15 is 0 Å². The Kier molecular flexibility index (Phi) is 2.46. The minimum atomic E-state index is -0.715. The van der Waals surface area contributed by atoms with Gasteiger partial charge in [0.25, 0.3) is 0 Å². The summed E-state index contributed by atoms with van der Waals surface area (Å²) in [6.45, 7) is 1.63. The fourth-order valence-electron chi connectivity index (χ4n) is 1.40. The van der Waals surface area contributed by atoms with Crippen LogP contribution >= 0.6 is 0 Å². The van der Waals surface area contributed by atoms with Crippen molar-refractivity contribution in [2.45, 2.75) is 32.0 Å². The van der Waals surface area contributed by atoms with Crippen LogP contribution in [0.2, 0.25) is 0 Å². The molecule has 2 unspecified atom stereocenters. The summed E-state index contributed by atoms with van der Waals surface area (Å²) >= 11 is 0. The van der Waals surface area contributed by atoms with Gasteiger partial charge in [0.05, 0.1) is 0 Å². The number of likely N-dealkylation sites (tertiary alicyclic amines) is 1. The highest BCUT2D eigenvalue weighted by Gasteiger charge is 2.37. The average molecular weight is 159 g/mol.